The van der Waals surface area contributed by atoms with Crippen LogP contribution in [0.1, 0.15) is 30.4 Å². The van der Waals surface area contributed by atoms with Gasteiger partial charge in [-0.3, -0.25) is 0 Å². The summed E-state index contributed by atoms with van der Waals surface area (Å²) in [5.74, 6) is 2.08. The minimum Gasteiger partial charge on any atom is -0.381 e. The third kappa shape index (κ3) is 3.11. The van der Waals surface area contributed by atoms with Crippen molar-refractivity contribution < 1.29 is 13.2 Å². The van der Waals surface area contributed by atoms with Gasteiger partial charge in [0.25, 0.3) is 0 Å². The molecule has 0 spiro atoms. The number of hydrogen-bond donors (Lipinski definition) is 1. The van der Waals surface area contributed by atoms with Gasteiger partial charge in [-0.15, -0.1) is 0 Å². The lowest BCUT2D eigenvalue weighted by atomic mass is 10.00. The highest BCUT2D eigenvalue weighted by molar-refractivity contribution is 7.89. The maximum atomic E-state index is 13.1. The molecule has 1 N–H and O–H groups in total. The van der Waals surface area contributed by atoms with Crippen molar-refractivity contribution >= 4 is 21.1 Å². The molecule has 0 atom stereocenters. The van der Waals surface area contributed by atoms with Crippen LogP contribution in [-0.2, 0) is 27.7 Å². The van der Waals surface area contributed by atoms with Gasteiger partial charge in [-0.2, -0.15) is 9.40 Å². The van der Waals surface area contributed by atoms with Crippen LogP contribution in [0.2, 0.25) is 0 Å². The number of aromatic nitrogens is 5. The summed E-state index contributed by atoms with van der Waals surface area (Å²) in [7, 11) is -3.58. The van der Waals surface area contributed by atoms with E-state index in [4.69, 9.17) is 9.72 Å². The number of sulfonamides is 1. The third-order valence-electron chi connectivity index (χ3n) is 5.53. The molecule has 0 radical (unpaired) electrons. The summed E-state index contributed by atoms with van der Waals surface area (Å²) in [6.07, 6.45) is 4.01. The largest absolute Gasteiger partial charge is 0.381 e. The number of nitrogens with zero attached hydrogens (tertiary/aromatic N) is 5. The highest BCUT2D eigenvalue weighted by Gasteiger charge is 2.29. The Morgan fingerprint density at radius 2 is 2.00 bits per heavy atom. The van der Waals surface area contributed by atoms with Gasteiger partial charge in [0.05, 0.1) is 28.8 Å². The predicted molar refractivity (Wildman–Crippen MR) is 101 cm³/mol. The van der Waals surface area contributed by atoms with Crippen molar-refractivity contribution in [3.05, 3.63) is 36.2 Å². The molecule has 2 aliphatic rings. The van der Waals surface area contributed by atoms with Crippen LogP contribution in [-0.4, -0.2) is 63.8 Å². The van der Waals surface area contributed by atoms with Crippen molar-refractivity contribution in [3.8, 4) is 0 Å². The Hall–Kier alpha value is -2.30. The van der Waals surface area contributed by atoms with Gasteiger partial charge in [0, 0.05) is 38.6 Å². The lowest BCUT2D eigenvalue weighted by molar-refractivity contribution is 0.0835. The Kier molecular flexibility index (Phi) is 4.41. The summed E-state index contributed by atoms with van der Waals surface area (Å²) in [4.78, 5) is 12.1. The van der Waals surface area contributed by atoms with Gasteiger partial charge in [0.15, 0.2) is 5.82 Å². The van der Waals surface area contributed by atoms with Gasteiger partial charge >= 0.3 is 0 Å². The number of imidazole rings is 1. The summed E-state index contributed by atoms with van der Waals surface area (Å²) in [5, 5.41) is 4.67. The van der Waals surface area contributed by atoms with Gasteiger partial charge in [0.1, 0.15) is 5.82 Å². The molecular weight excluding hydrogens is 380 g/mol. The van der Waals surface area contributed by atoms with Gasteiger partial charge in [0.2, 0.25) is 10.0 Å². The highest BCUT2D eigenvalue weighted by atomic mass is 32.2. The van der Waals surface area contributed by atoms with Crippen molar-refractivity contribution in [2.24, 2.45) is 0 Å². The SMILES string of the molecule is O=S(=O)(c1ccc2nc[nH]c2c1)N1CCc2nc(C3CCOCC3)nn2CC1. The van der Waals surface area contributed by atoms with E-state index in [1.54, 1.807) is 24.5 Å². The van der Waals surface area contributed by atoms with Crippen LogP contribution in [0.3, 0.4) is 0 Å². The minimum absolute atomic E-state index is 0.277. The molecule has 1 fully saturated rings. The summed E-state index contributed by atoms with van der Waals surface area (Å²) < 4.78 is 35.1. The van der Waals surface area contributed by atoms with E-state index >= 15 is 0 Å². The van der Waals surface area contributed by atoms with E-state index in [0.29, 0.717) is 37.5 Å². The van der Waals surface area contributed by atoms with Crippen LogP contribution in [0, 0.1) is 0 Å². The fraction of sp³-hybridized carbons (Fsp3) is 0.500. The number of H-pyrrole nitrogens is 1. The van der Waals surface area contributed by atoms with Crippen molar-refractivity contribution in [2.45, 2.75) is 36.6 Å². The van der Waals surface area contributed by atoms with E-state index in [1.165, 1.54) is 4.31 Å². The zero-order valence-corrected chi connectivity index (χ0v) is 16.2. The first-order chi connectivity index (χ1) is 13.6. The molecule has 10 heteroatoms. The van der Waals surface area contributed by atoms with Crippen molar-refractivity contribution in [3.63, 3.8) is 0 Å². The molecule has 0 amide bonds. The van der Waals surface area contributed by atoms with Crippen LogP contribution >= 0.6 is 0 Å². The van der Waals surface area contributed by atoms with E-state index in [1.807, 2.05) is 4.68 Å². The number of benzene rings is 1. The molecule has 0 bridgehead atoms. The third-order valence-corrected chi connectivity index (χ3v) is 7.42. The Labute approximate surface area is 162 Å². The summed E-state index contributed by atoms with van der Waals surface area (Å²) in [6, 6.07) is 4.98. The van der Waals surface area contributed by atoms with E-state index in [-0.39, 0.29) is 4.90 Å². The second-order valence-corrected chi connectivity index (χ2v) is 9.17. The van der Waals surface area contributed by atoms with E-state index in [9.17, 15) is 8.42 Å². The fourth-order valence-electron chi connectivity index (χ4n) is 3.89. The normalized spacial score (nSPS) is 19.6. The molecule has 9 nitrogen and oxygen atoms in total. The number of ether oxygens (including phenoxy) is 1. The molecule has 1 aromatic carbocycles. The topological polar surface area (TPSA) is 106 Å². The Morgan fingerprint density at radius 3 is 2.86 bits per heavy atom. The van der Waals surface area contributed by atoms with Gasteiger partial charge in [-0.05, 0) is 31.0 Å². The highest BCUT2D eigenvalue weighted by Crippen LogP contribution is 2.26. The van der Waals surface area contributed by atoms with Crippen LogP contribution in [0.25, 0.3) is 11.0 Å². The molecule has 2 aliphatic heterocycles. The summed E-state index contributed by atoms with van der Waals surface area (Å²) in [6.45, 7) is 2.79. The second-order valence-electron chi connectivity index (χ2n) is 7.23. The molecule has 0 unspecified atom stereocenters. The first kappa shape index (κ1) is 17.8. The maximum absolute atomic E-state index is 13.1. The Balaban J connectivity index is 1.35. The van der Waals surface area contributed by atoms with Gasteiger partial charge < -0.3 is 9.72 Å². The monoisotopic (exact) mass is 402 g/mol. The average Bonchev–Trinajstić information content (AvgIpc) is 3.30. The Bertz CT molecular complexity index is 1070. The zero-order chi connectivity index (χ0) is 19.1. The first-order valence-electron chi connectivity index (χ1n) is 9.56. The number of nitrogens with one attached hydrogen (secondary N) is 1. The minimum atomic E-state index is -3.58. The molecule has 1 saturated heterocycles. The van der Waals surface area contributed by atoms with E-state index in [0.717, 1.165) is 43.2 Å². The quantitative estimate of drug-likeness (QED) is 0.708. The van der Waals surface area contributed by atoms with Gasteiger partial charge in [-0.25, -0.2) is 23.1 Å². The molecular formula is C18H22N6O3S. The zero-order valence-electron chi connectivity index (χ0n) is 15.4. The number of hydrogen-bond acceptors (Lipinski definition) is 6. The molecule has 148 valence electrons. The molecule has 5 rings (SSSR count). The second kappa shape index (κ2) is 6.94. The van der Waals surface area contributed by atoms with Crippen molar-refractivity contribution in [1.82, 2.24) is 29.0 Å². The number of aromatic amines is 1. The Morgan fingerprint density at radius 1 is 1.14 bits per heavy atom. The summed E-state index contributed by atoms with van der Waals surface area (Å²) >= 11 is 0. The molecule has 0 saturated carbocycles. The van der Waals surface area contributed by atoms with Crippen LogP contribution in [0.15, 0.2) is 29.4 Å². The van der Waals surface area contributed by atoms with Crippen LogP contribution in [0.5, 0.6) is 0 Å². The first-order valence-corrected chi connectivity index (χ1v) is 11.0. The molecule has 4 heterocycles. The number of rotatable bonds is 3. The standard InChI is InChI=1S/C18H22N6O3S/c25-28(26,14-1-2-15-16(11-14)20-12-19-15)23-6-3-17-21-18(22-24(17)8-7-23)13-4-9-27-10-5-13/h1-2,11-13H,3-10H2,(H,19,20). The molecule has 3 aromatic rings. The lowest BCUT2D eigenvalue weighted by Gasteiger charge is -2.20. The molecule has 0 aliphatic carbocycles. The predicted octanol–water partition coefficient (Wildman–Crippen LogP) is 1.30. The fourth-order valence-corrected chi connectivity index (χ4v) is 5.35. The lowest BCUT2D eigenvalue weighted by Crippen LogP contribution is -2.33. The van der Waals surface area contributed by atoms with Crippen LogP contribution < -0.4 is 0 Å². The van der Waals surface area contributed by atoms with Crippen LogP contribution in [0.4, 0.5) is 0 Å². The maximum Gasteiger partial charge on any atom is 0.243 e. The van der Waals surface area contributed by atoms with Gasteiger partial charge in [-0.1, -0.05) is 0 Å². The average molecular weight is 402 g/mol. The molecule has 28 heavy (non-hydrogen) atoms. The number of fused-ring (bicyclic) bond motifs is 2. The summed E-state index contributed by atoms with van der Waals surface area (Å²) in [5.41, 5.74) is 1.46. The molecule has 2 aromatic heterocycles. The van der Waals surface area contributed by atoms with Crippen molar-refractivity contribution in [2.75, 3.05) is 26.3 Å². The van der Waals surface area contributed by atoms with E-state index < -0.39 is 10.0 Å². The van der Waals surface area contributed by atoms with Crippen molar-refractivity contribution in [1.29, 1.82) is 0 Å². The van der Waals surface area contributed by atoms with E-state index in [2.05, 4.69) is 15.1 Å². The smallest absolute Gasteiger partial charge is 0.243 e.